The van der Waals surface area contributed by atoms with Gasteiger partial charge in [-0.3, -0.25) is 10.1 Å². The number of carbonyl (C=O) groups excluding carboxylic acids is 2. The molecule has 2 amide bonds. The molecule has 8 nitrogen and oxygen atoms in total. The molecule has 1 fully saturated rings. The molecule has 1 unspecified atom stereocenters. The summed E-state index contributed by atoms with van der Waals surface area (Å²) >= 11 is 6.17. The summed E-state index contributed by atoms with van der Waals surface area (Å²) in [4.78, 5) is 28.9. The molecular weight excluding hydrogens is 482 g/mol. The second kappa shape index (κ2) is 9.61. The number of rotatable bonds is 7. The number of hydrogen-bond acceptors (Lipinski definition) is 6. The number of hydrogen-bond donors (Lipinski definition) is 2. The maximum absolute atomic E-state index is 13.1. The van der Waals surface area contributed by atoms with Crippen LogP contribution in [0.2, 0.25) is 5.02 Å². The van der Waals surface area contributed by atoms with Gasteiger partial charge < -0.3 is 14.6 Å². The van der Waals surface area contributed by atoms with Gasteiger partial charge in [0.05, 0.1) is 0 Å². The fourth-order valence-corrected chi connectivity index (χ4v) is 3.85. The smallest absolute Gasteiger partial charge is 0.412 e. The first kappa shape index (κ1) is 24.6. The zero-order valence-electron chi connectivity index (χ0n) is 19.2. The SMILES string of the molecule is Cc1nc(-c2onc(C)c2NC(=O)O[C@H](C)c2ccccc2Cl)ccc1CNC(=O)C1CC1(F)F. The molecule has 1 aliphatic carbocycles. The van der Waals surface area contributed by atoms with Crippen LogP contribution in [0, 0.1) is 19.8 Å². The highest BCUT2D eigenvalue weighted by Crippen LogP contribution is 2.48. The van der Waals surface area contributed by atoms with E-state index in [0.29, 0.717) is 38.9 Å². The molecule has 0 saturated heterocycles. The number of nitrogens with zero attached hydrogens (tertiary/aromatic N) is 2. The first-order chi connectivity index (χ1) is 16.6. The lowest BCUT2D eigenvalue weighted by Gasteiger charge is -2.15. The molecule has 35 heavy (non-hydrogen) atoms. The van der Waals surface area contributed by atoms with Crippen molar-refractivity contribution >= 4 is 29.3 Å². The van der Waals surface area contributed by atoms with Gasteiger partial charge in [-0.2, -0.15) is 0 Å². The molecule has 184 valence electrons. The summed E-state index contributed by atoms with van der Waals surface area (Å²) in [6.07, 6.45) is -1.74. The molecule has 1 aliphatic rings. The summed E-state index contributed by atoms with van der Waals surface area (Å²) in [6.45, 7) is 5.14. The minimum atomic E-state index is -2.92. The zero-order chi connectivity index (χ0) is 25.3. The van der Waals surface area contributed by atoms with E-state index in [1.54, 1.807) is 57.2 Å². The predicted octanol–water partition coefficient (Wildman–Crippen LogP) is 5.59. The van der Waals surface area contributed by atoms with E-state index in [-0.39, 0.29) is 12.3 Å². The number of pyridine rings is 1. The lowest BCUT2D eigenvalue weighted by molar-refractivity contribution is -0.124. The largest absolute Gasteiger partial charge is 0.441 e. The van der Waals surface area contributed by atoms with Gasteiger partial charge in [0.25, 0.3) is 5.92 Å². The van der Waals surface area contributed by atoms with Crippen molar-refractivity contribution in [2.24, 2.45) is 5.92 Å². The third-order valence-electron chi connectivity index (χ3n) is 5.74. The van der Waals surface area contributed by atoms with E-state index in [2.05, 4.69) is 20.8 Å². The molecule has 4 rings (SSSR count). The molecule has 1 aromatic carbocycles. The number of aryl methyl sites for hydroxylation is 2. The van der Waals surface area contributed by atoms with E-state index in [4.69, 9.17) is 20.9 Å². The highest BCUT2D eigenvalue weighted by molar-refractivity contribution is 6.31. The van der Waals surface area contributed by atoms with Crippen LogP contribution in [0.1, 0.15) is 42.0 Å². The van der Waals surface area contributed by atoms with Gasteiger partial charge in [-0.05, 0) is 38.5 Å². The van der Waals surface area contributed by atoms with E-state index in [0.717, 1.165) is 0 Å². The van der Waals surface area contributed by atoms with E-state index < -0.39 is 36.4 Å². The Balaban J connectivity index is 1.44. The molecule has 0 spiro atoms. The van der Waals surface area contributed by atoms with Gasteiger partial charge in [0.15, 0.2) is 0 Å². The number of ether oxygens (including phenoxy) is 1. The van der Waals surface area contributed by atoms with Gasteiger partial charge in [-0.15, -0.1) is 0 Å². The lowest BCUT2D eigenvalue weighted by Crippen LogP contribution is -2.27. The maximum atomic E-state index is 13.1. The van der Waals surface area contributed by atoms with Crippen LogP contribution in [0.4, 0.5) is 19.3 Å². The number of carbonyl (C=O) groups is 2. The van der Waals surface area contributed by atoms with Crippen LogP contribution in [-0.4, -0.2) is 28.1 Å². The van der Waals surface area contributed by atoms with Crippen LogP contribution in [0.25, 0.3) is 11.5 Å². The Morgan fingerprint density at radius 2 is 1.94 bits per heavy atom. The normalized spacial score (nSPS) is 16.9. The average molecular weight is 505 g/mol. The Hall–Kier alpha value is -3.53. The fraction of sp³-hybridized carbons (Fsp3) is 0.333. The van der Waals surface area contributed by atoms with Gasteiger partial charge in [-0.25, -0.2) is 18.6 Å². The monoisotopic (exact) mass is 504 g/mol. The molecule has 2 atom stereocenters. The second-order valence-electron chi connectivity index (χ2n) is 8.34. The van der Waals surface area contributed by atoms with Gasteiger partial charge >= 0.3 is 6.09 Å². The number of halogens is 3. The molecule has 0 aliphatic heterocycles. The number of benzene rings is 1. The number of alkyl halides is 2. The number of anilines is 1. The van der Waals surface area contributed by atoms with E-state index in [1.165, 1.54) is 0 Å². The van der Waals surface area contributed by atoms with Gasteiger partial charge in [0.2, 0.25) is 11.7 Å². The Kier molecular flexibility index (Phi) is 6.75. The molecule has 0 radical (unpaired) electrons. The molecule has 3 aromatic rings. The Bertz CT molecular complexity index is 1280. The average Bonchev–Trinajstić information content (AvgIpc) is 3.31. The third-order valence-corrected chi connectivity index (χ3v) is 6.08. The Morgan fingerprint density at radius 3 is 2.60 bits per heavy atom. The summed E-state index contributed by atoms with van der Waals surface area (Å²) in [7, 11) is 0. The van der Waals surface area contributed by atoms with Crippen molar-refractivity contribution in [2.45, 2.75) is 45.8 Å². The van der Waals surface area contributed by atoms with Crippen molar-refractivity contribution in [3.05, 3.63) is 63.9 Å². The minimum absolute atomic E-state index is 0.0668. The summed E-state index contributed by atoms with van der Waals surface area (Å²) in [5, 5.41) is 9.56. The predicted molar refractivity (Wildman–Crippen MR) is 124 cm³/mol. The second-order valence-corrected chi connectivity index (χ2v) is 8.75. The van der Waals surface area contributed by atoms with Crippen molar-refractivity contribution in [1.29, 1.82) is 0 Å². The highest BCUT2D eigenvalue weighted by atomic mass is 35.5. The van der Waals surface area contributed by atoms with Crippen LogP contribution < -0.4 is 10.6 Å². The summed E-state index contributed by atoms with van der Waals surface area (Å²) in [5.74, 6) is -4.64. The molecule has 0 bridgehead atoms. The van der Waals surface area contributed by atoms with E-state index in [1.807, 2.05) is 0 Å². The topological polar surface area (TPSA) is 106 Å². The van der Waals surface area contributed by atoms with Crippen molar-refractivity contribution < 1.29 is 27.6 Å². The standard InChI is InChI=1S/C24H23ClF2N4O4/c1-12-15(11-28-22(32)17-10-24(17,26)27)8-9-19(29-12)21-20(13(2)31-35-21)30-23(33)34-14(3)16-6-4-5-7-18(16)25/h4-9,14,17H,10-11H2,1-3H3,(H,28,32)(H,30,33)/t14-,17?/m1/s1. The zero-order valence-corrected chi connectivity index (χ0v) is 20.0. The molecular formula is C24H23ClF2N4O4. The van der Waals surface area contributed by atoms with Gasteiger partial charge in [0, 0.05) is 29.2 Å². The summed E-state index contributed by atoms with van der Waals surface area (Å²) in [6, 6.07) is 10.4. The van der Waals surface area contributed by atoms with Gasteiger partial charge in [-0.1, -0.05) is 41.0 Å². The van der Waals surface area contributed by atoms with Crippen molar-refractivity contribution in [1.82, 2.24) is 15.5 Å². The first-order valence-corrected chi connectivity index (χ1v) is 11.3. The van der Waals surface area contributed by atoms with Crippen molar-refractivity contribution in [3.8, 4) is 11.5 Å². The molecule has 2 N–H and O–H groups in total. The lowest BCUT2D eigenvalue weighted by atomic mass is 10.1. The summed E-state index contributed by atoms with van der Waals surface area (Å²) in [5.41, 5.74) is 2.98. The van der Waals surface area contributed by atoms with Crippen LogP contribution in [0.5, 0.6) is 0 Å². The molecule has 2 heterocycles. The van der Waals surface area contributed by atoms with Crippen molar-refractivity contribution in [3.63, 3.8) is 0 Å². The quantitative estimate of drug-likeness (QED) is 0.434. The molecule has 1 saturated carbocycles. The summed E-state index contributed by atoms with van der Waals surface area (Å²) < 4.78 is 37.0. The van der Waals surface area contributed by atoms with Crippen LogP contribution in [0.15, 0.2) is 40.9 Å². The first-order valence-electron chi connectivity index (χ1n) is 10.9. The third kappa shape index (κ3) is 5.43. The van der Waals surface area contributed by atoms with Crippen molar-refractivity contribution in [2.75, 3.05) is 5.32 Å². The van der Waals surface area contributed by atoms with Crippen LogP contribution >= 0.6 is 11.6 Å². The maximum Gasteiger partial charge on any atom is 0.412 e. The Morgan fingerprint density at radius 1 is 1.23 bits per heavy atom. The van der Waals surface area contributed by atoms with E-state index in [9.17, 15) is 18.4 Å². The minimum Gasteiger partial charge on any atom is -0.441 e. The number of nitrogens with one attached hydrogen (secondary N) is 2. The highest BCUT2D eigenvalue weighted by Gasteiger charge is 2.61. The molecule has 11 heteroatoms. The number of aromatic nitrogens is 2. The van der Waals surface area contributed by atoms with Gasteiger partial charge in [0.1, 0.15) is 29.1 Å². The number of amides is 2. The van der Waals surface area contributed by atoms with Crippen LogP contribution in [-0.2, 0) is 16.1 Å². The molecule has 2 aromatic heterocycles. The Labute approximate surface area is 205 Å². The van der Waals surface area contributed by atoms with E-state index >= 15 is 0 Å². The van der Waals surface area contributed by atoms with Crippen LogP contribution in [0.3, 0.4) is 0 Å². The fourth-order valence-electron chi connectivity index (χ4n) is 3.56.